The number of methoxy groups -OCH3 is 1. The Kier molecular flexibility index (Phi) is 8.31. The van der Waals surface area contributed by atoms with Crippen LogP contribution in [0.4, 0.5) is 0 Å². The van der Waals surface area contributed by atoms with Gasteiger partial charge in [0.15, 0.2) is 5.96 Å². The predicted molar refractivity (Wildman–Crippen MR) is 124 cm³/mol. The Morgan fingerprint density at radius 3 is 2.23 bits per heavy atom. The van der Waals surface area contributed by atoms with Crippen molar-refractivity contribution in [1.29, 1.82) is 0 Å². The third kappa shape index (κ3) is 6.45. The molecule has 0 unspecified atom stereocenters. The van der Waals surface area contributed by atoms with Gasteiger partial charge in [0.05, 0.1) is 18.6 Å². The molecule has 8 heteroatoms. The first-order chi connectivity index (χ1) is 15.0. The quantitative estimate of drug-likeness (QED) is 0.483. The number of aliphatic imine (C=N–C) groups is 1. The number of hydrogen-bond donors (Lipinski definition) is 2. The standard InChI is InChI=1S/C23H32N4O3S/c1-3-24-23(25-17-19-7-11-21(30-2)12-8-19)26-18-20-9-13-22(14-10-20)31(28,29)27-15-5-4-6-16-27/h7-14H,3-6,15-18H2,1-2H3,(H2,24,25,26). The Morgan fingerprint density at radius 1 is 0.968 bits per heavy atom. The minimum atomic E-state index is -3.40. The number of nitrogens with one attached hydrogen (secondary N) is 2. The van der Waals surface area contributed by atoms with Gasteiger partial charge in [0.2, 0.25) is 10.0 Å². The molecule has 2 aromatic carbocycles. The normalized spacial score (nSPS) is 15.5. The molecule has 1 saturated heterocycles. The molecule has 0 bridgehead atoms. The molecule has 0 aromatic heterocycles. The van der Waals surface area contributed by atoms with Crippen molar-refractivity contribution in [3.8, 4) is 5.75 Å². The first kappa shape index (κ1) is 23.1. The molecule has 0 atom stereocenters. The van der Waals surface area contributed by atoms with E-state index in [9.17, 15) is 8.42 Å². The molecule has 3 rings (SSSR count). The van der Waals surface area contributed by atoms with Crippen molar-refractivity contribution in [2.24, 2.45) is 4.99 Å². The molecule has 2 aromatic rings. The van der Waals surface area contributed by atoms with Crippen LogP contribution in [0, 0.1) is 0 Å². The molecule has 1 fully saturated rings. The Labute approximate surface area is 185 Å². The summed E-state index contributed by atoms with van der Waals surface area (Å²) in [5.41, 5.74) is 2.08. The van der Waals surface area contributed by atoms with E-state index in [-0.39, 0.29) is 0 Å². The number of hydrogen-bond acceptors (Lipinski definition) is 4. The van der Waals surface area contributed by atoms with Crippen LogP contribution in [0.3, 0.4) is 0 Å². The highest BCUT2D eigenvalue weighted by atomic mass is 32.2. The SMILES string of the molecule is CCNC(=NCc1ccc(OC)cc1)NCc1ccc(S(=O)(=O)N2CCCCC2)cc1. The summed E-state index contributed by atoms with van der Waals surface area (Å²) in [4.78, 5) is 4.98. The van der Waals surface area contributed by atoms with E-state index in [1.165, 1.54) is 0 Å². The molecule has 0 saturated carbocycles. The van der Waals surface area contributed by atoms with E-state index >= 15 is 0 Å². The maximum atomic E-state index is 12.8. The van der Waals surface area contributed by atoms with Gasteiger partial charge in [-0.3, -0.25) is 0 Å². The van der Waals surface area contributed by atoms with Crippen LogP contribution in [-0.2, 0) is 23.1 Å². The molecule has 1 aliphatic rings. The van der Waals surface area contributed by atoms with Crippen molar-refractivity contribution in [2.45, 2.75) is 44.2 Å². The monoisotopic (exact) mass is 444 g/mol. The predicted octanol–water partition coefficient (Wildman–Crippen LogP) is 3.13. The zero-order valence-corrected chi connectivity index (χ0v) is 19.1. The average molecular weight is 445 g/mol. The lowest BCUT2D eigenvalue weighted by molar-refractivity contribution is 0.346. The summed E-state index contributed by atoms with van der Waals surface area (Å²) in [6, 6.07) is 14.9. The van der Waals surface area contributed by atoms with Gasteiger partial charge in [0.25, 0.3) is 0 Å². The highest BCUT2D eigenvalue weighted by molar-refractivity contribution is 7.89. The van der Waals surface area contributed by atoms with E-state index in [4.69, 9.17) is 4.74 Å². The van der Waals surface area contributed by atoms with Crippen molar-refractivity contribution >= 4 is 16.0 Å². The summed E-state index contributed by atoms with van der Waals surface area (Å²) in [7, 11) is -1.75. The molecule has 7 nitrogen and oxygen atoms in total. The third-order valence-electron chi connectivity index (χ3n) is 5.26. The fourth-order valence-electron chi connectivity index (χ4n) is 3.46. The molecule has 0 amide bonds. The minimum absolute atomic E-state index is 0.359. The van der Waals surface area contributed by atoms with E-state index < -0.39 is 10.0 Å². The summed E-state index contributed by atoms with van der Waals surface area (Å²) in [5.74, 6) is 1.53. The maximum absolute atomic E-state index is 12.8. The van der Waals surface area contributed by atoms with E-state index in [2.05, 4.69) is 15.6 Å². The van der Waals surface area contributed by atoms with Crippen molar-refractivity contribution < 1.29 is 13.2 Å². The lowest BCUT2D eigenvalue weighted by atomic mass is 10.2. The summed E-state index contributed by atoms with van der Waals surface area (Å²) < 4.78 is 32.3. The topological polar surface area (TPSA) is 83.0 Å². The molecule has 0 spiro atoms. The number of sulfonamides is 1. The van der Waals surface area contributed by atoms with Gasteiger partial charge in [-0.1, -0.05) is 30.7 Å². The Hall–Kier alpha value is -2.58. The van der Waals surface area contributed by atoms with Crippen molar-refractivity contribution in [1.82, 2.24) is 14.9 Å². The molecule has 168 valence electrons. The summed E-state index contributed by atoms with van der Waals surface area (Å²) in [5, 5.41) is 6.54. The Morgan fingerprint density at radius 2 is 1.61 bits per heavy atom. The minimum Gasteiger partial charge on any atom is -0.497 e. The van der Waals surface area contributed by atoms with E-state index in [1.54, 1.807) is 23.5 Å². The average Bonchev–Trinajstić information content (AvgIpc) is 2.82. The summed E-state index contributed by atoms with van der Waals surface area (Å²) in [6.45, 7) is 5.10. The number of guanidine groups is 1. The number of piperidine rings is 1. The van der Waals surface area contributed by atoms with Gasteiger partial charge < -0.3 is 15.4 Å². The lowest BCUT2D eigenvalue weighted by Gasteiger charge is -2.25. The van der Waals surface area contributed by atoms with Gasteiger partial charge in [-0.05, 0) is 55.2 Å². The molecule has 2 N–H and O–H groups in total. The second kappa shape index (κ2) is 11.2. The fourth-order valence-corrected chi connectivity index (χ4v) is 4.98. The lowest BCUT2D eigenvalue weighted by Crippen LogP contribution is -2.37. The van der Waals surface area contributed by atoms with Crippen LogP contribution in [0.25, 0.3) is 0 Å². The van der Waals surface area contributed by atoms with Crippen LogP contribution < -0.4 is 15.4 Å². The van der Waals surface area contributed by atoms with Crippen LogP contribution in [0.1, 0.15) is 37.3 Å². The zero-order valence-electron chi connectivity index (χ0n) is 18.3. The van der Waals surface area contributed by atoms with Crippen LogP contribution in [0.5, 0.6) is 5.75 Å². The van der Waals surface area contributed by atoms with Crippen molar-refractivity contribution in [3.63, 3.8) is 0 Å². The van der Waals surface area contributed by atoms with Crippen LogP contribution in [0.15, 0.2) is 58.4 Å². The summed E-state index contributed by atoms with van der Waals surface area (Å²) in [6.07, 6.45) is 2.97. The number of rotatable bonds is 8. The van der Waals surface area contributed by atoms with Gasteiger partial charge >= 0.3 is 0 Å². The number of nitrogens with zero attached hydrogens (tertiary/aromatic N) is 2. The third-order valence-corrected chi connectivity index (χ3v) is 7.17. The molecule has 0 radical (unpaired) electrons. The fraction of sp³-hybridized carbons (Fsp3) is 0.435. The van der Waals surface area contributed by atoms with Crippen LogP contribution in [-0.4, -0.2) is 45.4 Å². The Bertz CT molecular complexity index is 951. The summed E-state index contributed by atoms with van der Waals surface area (Å²) >= 11 is 0. The van der Waals surface area contributed by atoms with Crippen LogP contribution in [0.2, 0.25) is 0 Å². The van der Waals surface area contributed by atoms with E-state index in [0.717, 1.165) is 42.7 Å². The van der Waals surface area contributed by atoms with Gasteiger partial charge in [0, 0.05) is 26.2 Å². The van der Waals surface area contributed by atoms with Gasteiger partial charge in [-0.25, -0.2) is 13.4 Å². The number of ether oxygens (including phenoxy) is 1. The van der Waals surface area contributed by atoms with E-state index in [0.29, 0.717) is 37.0 Å². The molecule has 31 heavy (non-hydrogen) atoms. The highest BCUT2D eigenvalue weighted by Crippen LogP contribution is 2.20. The highest BCUT2D eigenvalue weighted by Gasteiger charge is 2.25. The van der Waals surface area contributed by atoms with Crippen LogP contribution >= 0.6 is 0 Å². The first-order valence-electron chi connectivity index (χ1n) is 10.8. The smallest absolute Gasteiger partial charge is 0.243 e. The van der Waals surface area contributed by atoms with Crippen molar-refractivity contribution in [2.75, 3.05) is 26.7 Å². The maximum Gasteiger partial charge on any atom is 0.243 e. The van der Waals surface area contributed by atoms with Gasteiger partial charge in [0.1, 0.15) is 5.75 Å². The molecule has 0 aliphatic carbocycles. The Balaban J connectivity index is 1.59. The van der Waals surface area contributed by atoms with E-state index in [1.807, 2.05) is 43.3 Å². The van der Waals surface area contributed by atoms with Crippen molar-refractivity contribution in [3.05, 3.63) is 59.7 Å². The van der Waals surface area contributed by atoms with Gasteiger partial charge in [-0.2, -0.15) is 4.31 Å². The number of benzene rings is 2. The molecular formula is C23H32N4O3S. The molecule has 1 heterocycles. The second-order valence-electron chi connectivity index (χ2n) is 7.51. The van der Waals surface area contributed by atoms with Gasteiger partial charge in [-0.15, -0.1) is 0 Å². The largest absolute Gasteiger partial charge is 0.497 e. The second-order valence-corrected chi connectivity index (χ2v) is 9.44. The molecular weight excluding hydrogens is 412 g/mol. The first-order valence-corrected chi connectivity index (χ1v) is 12.2. The zero-order chi connectivity index (χ0) is 22.1. The molecule has 1 aliphatic heterocycles.